The predicted molar refractivity (Wildman–Crippen MR) is 87.3 cm³/mol. The highest BCUT2D eigenvalue weighted by Gasteiger charge is 2.57. The Morgan fingerprint density at radius 1 is 1.26 bits per heavy atom. The number of carbonyl (C=O) groups is 3. The molecule has 0 aromatic heterocycles. The second-order valence-corrected chi connectivity index (χ2v) is 8.91. The molecule has 7 heteroatoms. The van der Waals surface area contributed by atoms with E-state index in [-0.39, 0.29) is 17.1 Å². The third-order valence-corrected chi connectivity index (χ3v) is 6.02. The highest BCUT2D eigenvalue weighted by Crippen LogP contribution is 2.51. The highest BCUT2D eigenvalue weighted by atomic mass is 32.2. The van der Waals surface area contributed by atoms with Crippen LogP contribution in [-0.4, -0.2) is 58.5 Å². The molecule has 1 spiro atoms. The van der Waals surface area contributed by atoms with Gasteiger partial charge in [0.15, 0.2) is 5.78 Å². The average molecular weight is 343 g/mol. The van der Waals surface area contributed by atoms with Gasteiger partial charge in [0.2, 0.25) is 0 Å². The summed E-state index contributed by atoms with van der Waals surface area (Å²) >= 11 is 1.55. The van der Waals surface area contributed by atoms with Crippen molar-refractivity contribution < 1.29 is 23.9 Å². The first-order valence-electron chi connectivity index (χ1n) is 7.87. The van der Waals surface area contributed by atoms with Crippen LogP contribution in [0.3, 0.4) is 0 Å². The number of hydrogen-bond acceptors (Lipinski definition) is 6. The summed E-state index contributed by atoms with van der Waals surface area (Å²) in [5.41, 5.74) is -0.534. The Bertz CT molecular complexity index is 505. The number of ether oxygens (including phenoxy) is 2. The molecule has 130 valence electrons. The number of methoxy groups -OCH3 is 1. The number of piperidine rings is 1. The molecule has 23 heavy (non-hydrogen) atoms. The predicted octanol–water partition coefficient (Wildman–Crippen LogP) is 2.25. The Kier molecular flexibility index (Phi) is 4.99. The molecule has 2 aliphatic rings. The van der Waals surface area contributed by atoms with E-state index in [1.54, 1.807) is 16.7 Å². The second-order valence-electron chi connectivity index (χ2n) is 7.15. The van der Waals surface area contributed by atoms with Crippen LogP contribution in [0.5, 0.6) is 0 Å². The van der Waals surface area contributed by atoms with Crippen molar-refractivity contribution >= 4 is 29.6 Å². The summed E-state index contributed by atoms with van der Waals surface area (Å²) in [5, 5.41) is -0.216. The van der Waals surface area contributed by atoms with Gasteiger partial charge in [-0.2, -0.15) is 0 Å². The van der Waals surface area contributed by atoms with E-state index in [0.29, 0.717) is 25.9 Å². The average Bonchev–Trinajstić information content (AvgIpc) is 2.68. The summed E-state index contributed by atoms with van der Waals surface area (Å²) in [5.74, 6) is -1.25. The van der Waals surface area contributed by atoms with Crippen molar-refractivity contribution in [2.75, 3.05) is 20.2 Å². The van der Waals surface area contributed by atoms with Crippen molar-refractivity contribution in [3.8, 4) is 0 Å². The van der Waals surface area contributed by atoms with Crippen molar-refractivity contribution in [3.05, 3.63) is 0 Å². The minimum atomic E-state index is -0.728. The molecular weight excluding hydrogens is 318 g/mol. The number of nitrogens with zero attached hydrogens (tertiary/aromatic N) is 1. The number of ketones is 1. The highest BCUT2D eigenvalue weighted by molar-refractivity contribution is 8.02. The van der Waals surface area contributed by atoms with Gasteiger partial charge in [0.05, 0.1) is 12.4 Å². The smallest absolute Gasteiger partial charge is 0.410 e. The van der Waals surface area contributed by atoms with E-state index in [2.05, 4.69) is 0 Å². The van der Waals surface area contributed by atoms with Crippen LogP contribution < -0.4 is 0 Å². The lowest BCUT2D eigenvalue weighted by Crippen LogP contribution is -2.51. The molecule has 2 fully saturated rings. The number of likely N-dealkylation sites (tertiary alicyclic amines) is 1. The van der Waals surface area contributed by atoms with Crippen LogP contribution in [0, 0.1) is 5.92 Å². The lowest BCUT2D eigenvalue weighted by molar-refractivity contribution is -0.150. The molecule has 6 nitrogen and oxygen atoms in total. The standard InChI is InChI=1S/C16H25NO5S/c1-10-12(18)11(13(19)21-5)16(23-10)6-8-17(9-7-16)14(20)22-15(2,3)4/h10-11H,6-9H2,1-5H3. The van der Waals surface area contributed by atoms with E-state index in [9.17, 15) is 14.4 Å². The Balaban J connectivity index is 2.08. The first-order valence-corrected chi connectivity index (χ1v) is 8.75. The fraction of sp³-hybridized carbons (Fsp3) is 0.812. The number of esters is 1. The van der Waals surface area contributed by atoms with Gasteiger partial charge in [0.25, 0.3) is 0 Å². The van der Waals surface area contributed by atoms with Gasteiger partial charge in [0, 0.05) is 17.8 Å². The van der Waals surface area contributed by atoms with E-state index in [1.807, 2.05) is 27.7 Å². The first-order chi connectivity index (χ1) is 10.6. The summed E-state index contributed by atoms with van der Waals surface area (Å²) in [4.78, 5) is 38.2. The van der Waals surface area contributed by atoms with Crippen LogP contribution in [0.1, 0.15) is 40.5 Å². The van der Waals surface area contributed by atoms with Crippen LogP contribution in [-0.2, 0) is 19.1 Å². The van der Waals surface area contributed by atoms with Gasteiger partial charge in [-0.25, -0.2) is 4.79 Å². The Hall–Kier alpha value is -1.24. The van der Waals surface area contributed by atoms with E-state index < -0.39 is 22.2 Å². The number of rotatable bonds is 1. The topological polar surface area (TPSA) is 72.9 Å². The van der Waals surface area contributed by atoms with Gasteiger partial charge < -0.3 is 14.4 Å². The van der Waals surface area contributed by atoms with Crippen molar-refractivity contribution in [3.63, 3.8) is 0 Å². The molecule has 0 saturated carbocycles. The molecule has 1 amide bonds. The van der Waals surface area contributed by atoms with E-state index >= 15 is 0 Å². The molecule has 0 radical (unpaired) electrons. The maximum Gasteiger partial charge on any atom is 0.410 e. The number of carbonyl (C=O) groups excluding carboxylic acids is 3. The molecule has 2 saturated heterocycles. The third kappa shape index (κ3) is 3.65. The molecule has 2 aliphatic heterocycles. The monoisotopic (exact) mass is 343 g/mol. The maximum atomic E-state index is 12.4. The maximum absolute atomic E-state index is 12.4. The van der Waals surface area contributed by atoms with Crippen LogP contribution in [0.2, 0.25) is 0 Å². The number of amides is 1. The zero-order chi connectivity index (χ0) is 17.4. The molecule has 2 atom stereocenters. The number of hydrogen-bond donors (Lipinski definition) is 0. The Morgan fingerprint density at radius 3 is 2.30 bits per heavy atom. The van der Waals surface area contributed by atoms with Crippen LogP contribution in [0.4, 0.5) is 4.79 Å². The molecule has 2 heterocycles. The van der Waals surface area contributed by atoms with E-state index in [0.717, 1.165) is 0 Å². The summed E-state index contributed by atoms with van der Waals surface area (Å²) in [6.45, 7) is 8.28. The van der Waals surface area contributed by atoms with Gasteiger partial charge in [-0.1, -0.05) is 0 Å². The summed E-state index contributed by atoms with van der Waals surface area (Å²) in [7, 11) is 1.31. The van der Waals surface area contributed by atoms with E-state index in [1.165, 1.54) is 7.11 Å². The number of Topliss-reactive ketones (excluding diaryl/α,β-unsaturated/α-hetero) is 1. The van der Waals surface area contributed by atoms with E-state index in [4.69, 9.17) is 9.47 Å². The normalized spacial score (nSPS) is 27.2. The molecular formula is C16H25NO5S. The van der Waals surface area contributed by atoms with Crippen molar-refractivity contribution in [2.45, 2.75) is 56.1 Å². The summed E-state index contributed by atoms with van der Waals surface area (Å²) in [6, 6.07) is 0. The molecule has 0 bridgehead atoms. The van der Waals surface area contributed by atoms with Crippen LogP contribution in [0.15, 0.2) is 0 Å². The molecule has 0 aromatic rings. The van der Waals surface area contributed by atoms with Crippen molar-refractivity contribution in [1.29, 1.82) is 0 Å². The lowest BCUT2D eigenvalue weighted by Gasteiger charge is -2.41. The molecule has 2 rings (SSSR count). The van der Waals surface area contributed by atoms with Gasteiger partial charge in [0.1, 0.15) is 11.5 Å². The van der Waals surface area contributed by atoms with Crippen LogP contribution >= 0.6 is 11.8 Å². The largest absolute Gasteiger partial charge is 0.468 e. The van der Waals surface area contributed by atoms with Gasteiger partial charge in [-0.05, 0) is 40.5 Å². The van der Waals surface area contributed by atoms with Crippen LogP contribution in [0.25, 0.3) is 0 Å². The lowest BCUT2D eigenvalue weighted by atomic mass is 9.80. The Morgan fingerprint density at radius 2 is 1.83 bits per heavy atom. The SMILES string of the molecule is COC(=O)C1C(=O)C(C)SC12CCN(C(=O)OC(C)(C)C)CC2. The minimum Gasteiger partial charge on any atom is -0.468 e. The Labute approximate surface area is 141 Å². The molecule has 2 unspecified atom stereocenters. The van der Waals surface area contributed by atoms with Gasteiger partial charge >= 0.3 is 12.1 Å². The first kappa shape index (κ1) is 18.1. The second kappa shape index (κ2) is 6.34. The summed E-state index contributed by atoms with van der Waals surface area (Å²) in [6.07, 6.45) is 0.837. The molecule has 0 aromatic carbocycles. The van der Waals surface area contributed by atoms with Crippen molar-refractivity contribution in [1.82, 2.24) is 4.90 Å². The molecule has 0 N–H and O–H groups in total. The minimum absolute atomic E-state index is 0.0624. The fourth-order valence-electron chi connectivity index (χ4n) is 3.22. The number of thioether (sulfide) groups is 1. The van der Waals surface area contributed by atoms with Gasteiger partial charge in [-0.3, -0.25) is 9.59 Å². The fourth-order valence-corrected chi connectivity index (χ4v) is 4.94. The quantitative estimate of drug-likeness (QED) is 0.537. The third-order valence-electron chi connectivity index (χ3n) is 4.32. The van der Waals surface area contributed by atoms with Crippen molar-refractivity contribution in [2.24, 2.45) is 5.92 Å². The zero-order valence-corrected chi connectivity index (χ0v) is 15.2. The zero-order valence-electron chi connectivity index (χ0n) is 14.4. The summed E-state index contributed by atoms with van der Waals surface area (Å²) < 4.78 is 9.77. The van der Waals surface area contributed by atoms with Gasteiger partial charge in [-0.15, -0.1) is 11.8 Å². The molecule has 0 aliphatic carbocycles.